The number of nitrogens with zero attached hydrogens (tertiary/aromatic N) is 3. The Morgan fingerprint density at radius 1 is 1.14 bits per heavy atom. The number of halogens is 1. The minimum atomic E-state index is 0. The average molecular weight is 494 g/mol. The summed E-state index contributed by atoms with van der Waals surface area (Å²) in [6.45, 7) is 10.7. The first kappa shape index (κ1) is 22.3. The Labute approximate surface area is 184 Å². The Kier molecular flexibility index (Phi) is 7.91. The highest BCUT2D eigenvalue weighted by molar-refractivity contribution is 14.0. The van der Waals surface area contributed by atoms with Crippen LogP contribution in [0.25, 0.3) is 10.9 Å². The number of aromatic amines is 1. The van der Waals surface area contributed by atoms with Crippen molar-refractivity contribution in [1.82, 2.24) is 25.4 Å². The number of nitrogens with one attached hydrogen (secondary N) is 3. The van der Waals surface area contributed by atoms with E-state index in [1.807, 2.05) is 18.7 Å². The van der Waals surface area contributed by atoms with Gasteiger partial charge in [-0.3, -0.25) is 4.68 Å². The highest BCUT2D eigenvalue weighted by atomic mass is 127. The molecule has 2 heterocycles. The molecule has 0 amide bonds. The van der Waals surface area contributed by atoms with Crippen LogP contribution < -0.4 is 10.6 Å². The number of aliphatic imine (C=N–C) groups is 1. The molecule has 3 N–H and O–H groups in total. The lowest BCUT2D eigenvalue weighted by Gasteiger charge is -2.11. The van der Waals surface area contributed by atoms with E-state index < -0.39 is 0 Å². The van der Waals surface area contributed by atoms with Crippen LogP contribution in [-0.4, -0.2) is 33.8 Å². The monoisotopic (exact) mass is 494 g/mol. The number of benzene rings is 1. The zero-order valence-corrected chi connectivity index (χ0v) is 19.7. The van der Waals surface area contributed by atoms with Crippen LogP contribution in [0.3, 0.4) is 0 Å². The Morgan fingerprint density at radius 2 is 1.89 bits per heavy atom. The van der Waals surface area contributed by atoms with Gasteiger partial charge in [-0.25, -0.2) is 4.99 Å². The largest absolute Gasteiger partial charge is 0.358 e. The third-order valence-corrected chi connectivity index (χ3v) is 5.09. The molecule has 0 aliphatic heterocycles. The van der Waals surface area contributed by atoms with Gasteiger partial charge in [0.15, 0.2) is 5.96 Å². The van der Waals surface area contributed by atoms with Crippen LogP contribution in [0.1, 0.15) is 35.1 Å². The summed E-state index contributed by atoms with van der Waals surface area (Å²) in [4.78, 5) is 8.22. The Bertz CT molecular complexity index is 953. The van der Waals surface area contributed by atoms with Gasteiger partial charge in [-0.1, -0.05) is 18.2 Å². The van der Waals surface area contributed by atoms with Crippen molar-refractivity contribution in [1.29, 1.82) is 0 Å². The number of rotatable bonds is 6. The smallest absolute Gasteiger partial charge is 0.191 e. The van der Waals surface area contributed by atoms with Crippen molar-refractivity contribution in [2.75, 3.05) is 13.1 Å². The van der Waals surface area contributed by atoms with Gasteiger partial charge in [0.25, 0.3) is 0 Å². The summed E-state index contributed by atoms with van der Waals surface area (Å²) in [6, 6.07) is 8.47. The standard InChI is InChI=1S/C21H30N6.HI/c1-6-22-21(24-13-19-15(3)26-27(5)16(19)4)23-12-11-17-14(2)25-20-10-8-7-9-18(17)20;/h7-10,25H,6,11-13H2,1-5H3,(H2,22,23,24);1H. The number of H-pyrrole nitrogens is 1. The lowest BCUT2D eigenvalue weighted by Crippen LogP contribution is -2.38. The molecular formula is C21H31IN6. The number of guanidine groups is 1. The van der Waals surface area contributed by atoms with Crippen LogP contribution in [0.4, 0.5) is 0 Å². The van der Waals surface area contributed by atoms with Crippen molar-refractivity contribution in [3.8, 4) is 0 Å². The molecule has 1 aromatic carbocycles. The summed E-state index contributed by atoms with van der Waals surface area (Å²) in [5.74, 6) is 0.845. The highest BCUT2D eigenvalue weighted by Gasteiger charge is 2.10. The highest BCUT2D eigenvalue weighted by Crippen LogP contribution is 2.21. The number of aromatic nitrogens is 3. The Hall–Kier alpha value is -2.03. The van der Waals surface area contributed by atoms with Crippen LogP contribution in [0.5, 0.6) is 0 Å². The van der Waals surface area contributed by atoms with Gasteiger partial charge < -0.3 is 15.6 Å². The quantitative estimate of drug-likeness (QED) is 0.278. The maximum absolute atomic E-state index is 4.76. The molecule has 28 heavy (non-hydrogen) atoms. The van der Waals surface area contributed by atoms with Gasteiger partial charge in [-0.05, 0) is 45.7 Å². The zero-order chi connectivity index (χ0) is 19.4. The summed E-state index contributed by atoms with van der Waals surface area (Å²) in [7, 11) is 1.97. The Balaban J connectivity index is 0.00000280. The lowest BCUT2D eigenvalue weighted by molar-refractivity contribution is 0.730. The summed E-state index contributed by atoms with van der Waals surface area (Å²) < 4.78 is 1.92. The lowest BCUT2D eigenvalue weighted by atomic mass is 10.1. The van der Waals surface area contributed by atoms with Crippen LogP contribution in [0.2, 0.25) is 0 Å². The second-order valence-electron chi connectivity index (χ2n) is 6.92. The molecule has 0 spiro atoms. The van der Waals surface area contributed by atoms with E-state index in [1.165, 1.54) is 33.4 Å². The maximum atomic E-state index is 4.76. The molecule has 3 rings (SSSR count). The number of aryl methyl sites for hydroxylation is 3. The van der Waals surface area contributed by atoms with E-state index in [9.17, 15) is 0 Å². The third kappa shape index (κ3) is 4.87. The van der Waals surface area contributed by atoms with E-state index >= 15 is 0 Å². The summed E-state index contributed by atoms with van der Waals surface area (Å²) in [5, 5.41) is 12.6. The third-order valence-electron chi connectivity index (χ3n) is 5.09. The van der Waals surface area contributed by atoms with E-state index in [2.05, 4.69) is 65.8 Å². The molecule has 0 aliphatic carbocycles. The fourth-order valence-corrected chi connectivity index (χ4v) is 3.51. The summed E-state index contributed by atoms with van der Waals surface area (Å²) in [5.41, 5.74) is 7.22. The van der Waals surface area contributed by atoms with Crippen molar-refractivity contribution in [2.24, 2.45) is 12.0 Å². The molecule has 0 aliphatic rings. The molecule has 0 unspecified atom stereocenters. The fourth-order valence-electron chi connectivity index (χ4n) is 3.51. The predicted molar refractivity (Wildman–Crippen MR) is 128 cm³/mol. The van der Waals surface area contributed by atoms with E-state index in [4.69, 9.17) is 4.99 Å². The minimum absolute atomic E-state index is 0. The molecule has 0 atom stereocenters. The normalized spacial score (nSPS) is 11.5. The van der Waals surface area contributed by atoms with Crippen LogP contribution in [-0.2, 0) is 20.0 Å². The Morgan fingerprint density at radius 3 is 2.57 bits per heavy atom. The van der Waals surface area contributed by atoms with Crippen LogP contribution in [0, 0.1) is 20.8 Å². The van der Waals surface area contributed by atoms with E-state index in [0.29, 0.717) is 6.54 Å². The van der Waals surface area contributed by atoms with Gasteiger partial charge in [-0.15, -0.1) is 24.0 Å². The first-order valence-electron chi connectivity index (χ1n) is 9.58. The van der Waals surface area contributed by atoms with E-state index in [0.717, 1.165) is 31.2 Å². The molecule has 7 heteroatoms. The topological polar surface area (TPSA) is 70.0 Å². The van der Waals surface area contributed by atoms with Crippen molar-refractivity contribution >= 4 is 40.8 Å². The number of hydrogen-bond donors (Lipinski definition) is 3. The summed E-state index contributed by atoms with van der Waals surface area (Å²) >= 11 is 0. The second-order valence-corrected chi connectivity index (χ2v) is 6.92. The predicted octanol–water partition coefficient (Wildman–Crippen LogP) is 3.74. The average Bonchev–Trinajstić information content (AvgIpc) is 3.09. The molecule has 2 aromatic heterocycles. The van der Waals surface area contributed by atoms with Crippen molar-refractivity contribution in [3.63, 3.8) is 0 Å². The number of fused-ring (bicyclic) bond motifs is 1. The van der Waals surface area contributed by atoms with Gasteiger partial charge in [0, 0.05) is 48.0 Å². The molecule has 0 bridgehead atoms. The van der Waals surface area contributed by atoms with Gasteiger partial charge >= 0.3 is 0 Å². The first-order chi connectivity index (χ1) is 13.0. The van der Waals surface area contributed by atoms with Crippen LogP contribution >= 0.6 is 24.0 Å². The fraction of sp³-hybridized carbons (Fsp3) is 0.429. The molecular weight excluding hydrogens is 463 g/mol. The second kappa shape index (κ2) is 9.95. The van der Waals surface area contributed by atoms with Crippen molar-refractivity contribution in [3.05, 3.63) is 52.5 Å². The minimum Gasteiger partial charge on any atom is -0.358 e. The van der Waals surface area contributed by atoms with Crippen molar-refractivity contribution in [2.45, 2.75) is 40.7 Å². The molecule has 6 nitrogen and oxygen atoms in total. The molecule has 0 saturated carbocycles. The van der Waals surface area contributed by atoms with Gasteiger partial charge in [0.05, 0.1) is 12.2 Å². The number of para-hydroxylation sites is 1. The van der Waals surface area contributed by atoms with E-state index in [1.54, 1.807) is 0 Å². The number of hydrogen-bond acceptors (Lipinski definition) is 2. The summed E-state index contributed by atoms with van der Waals surface area (Å²) in [6.07, 6.45) is 0.950. The SMILES string of the molecule is CCNC(=NCc1c(C)nn(C)c1C)NCCc1c(C)[nH]c2ccccc12.I. The molecule has 0 fully saturated rings. The van der Waals surface area contributed by atoms with Crippen molar-refractivity contribution < 1.29 is 0 Å². The first-order valence-corrected chi connectivity index (χ1v) is 9.58. The molecule has 0 saturated heterocycles. The molecule has 0 radical (unpaired) electrons. The zero-order valence-electron chi connectivity index (χ0n) is 17.4. The van der Waals surface area contributed by atoms with E-state index in [-0.39, 0.29) is 24.0 Å². The molecule has 3 aromatic rings. The van der Waals surface area contributed by atoms with Gasteiger partial charge in [0.1, 0.15) is 0 Å². The van der Waals surface area contributed by atoms with Gasteiger partial charge in [0.2, 0.25) is 0 Å². The van der Waals surface area contributed by atoms with Gasteiger partial charge in [-0.2, -0.15) is 5.10 Å². The van der Waals surface area contributed by atoms with Crippen LogP contribution in [0.15, 0.2) is 29.3 Å². The molecule has 152 valence electrons. The maximum Gasteiger partial charge on any atom is 0.191 e.